The lowest BCUT2D eigenvalue weighted by Crippen LogP contribution is -2.36. The first-order valence-corrected chi connectivity index (χ1v) is 13.9. The Hall–Kier alpha value is -4.65. The van der Waals surface area contributed by atoms with Gasteiger partial charge in [-0.25, -0.2) is 4.39 Å². The average Bonchev–Trinajstić information content (AvgIpc) is 3.01. The second-order valence-electron chi connectivity index (χ2n) is 10.3. The van der Waals surface area contributed by atoms with Gasteiger partial charge < -0.3 is 20.3 Å². The van der Waals surface area contributed by atoms with Gasteiger partial charge in [0.1, 0.15) is 11.6 Å². The lowest BCUT2D eigenvalue weighted by Gasteiger charge is -2.35. The van der Waals surface area contributed by atoms with Gasteiger partial charge in [-0.15, -0.1) is 0 Å². The molecule has 1 aliphatic rings. The summed E-state index contributed by atoms with van der Waals surface area (Å²) in [6.07, 6.45) is 3.11. The molecule has 41 heavy (non-hydrogen) atoms. The highest BCUT2D eigenvalue weighted by molar-refractivity contribution is 6.06. The zero-order valence-electron chi connectivity index (χ0n) is 23.1. The summed E-state index contributed by atoms with van der Waals surface area (Å²) in [4.78, 5) is 28.7. The highest BCUT2D eigenvalue weighted by Crippen LogP contribution is 2.30. The largest absolute Gasteiger partial charge is 0.497 e. The number of halogens is 1. The summed E-state index contributed by atoms with van der Waals surface area (Å²) in [5.41, 5.74) is 4.48. The third kappa shape index (κ3) is 7.31. The van der Waals surface area contributed by atoms with Crippen LogP contribution >= 0.6 is 0 Å². The minimum Gasteiger partial charge on any atom is -0.497 e. The molecule has 0 saturated carbocycles. The zero-order valence-corrected chi connectivity index (χ0v) is 23.1. The van der Waals surface area contributed by atoms with Crippen LogP contribution < -0.4 is 20.3 Å². The number of carbonyl (C=O) groups excluding carboxylic acids is 2. The molecule has 5 rings (SSSR count). The van der Waals surface area contributed by atoms with E-state index in [0.29, 0.717) is 28.5 Å². The van der Waals surface area contributed by atoms with Crippen molar-refractivity contribution in [3.05, 3.63) is 125 Å². The highest BCUT2D eigenvalue weighted by atomic mass is 19.1. The minimum absolute atomic E-state index is 0.253. The number of methoxy groups -OCH3 is 1. The molecule has 0 radical (unpaired) electrons. The molecule has 0 aromatic heterocycles. The van der Waals surface area contributed by atoms with E-state index < -0.39 is 0 Å². The molecule has 6 nitrogen and oxygen atoms in total. The SMILES string of the molecule is COc1ccc(C(=O)Nc2ccc(N3CCC(Cc4ccccc4)CC3)c(C(=O)NCc3ccc(F)cc3)c2)cc1. The van der Waals surface area contributed by atoms with Crippen LogP contribution in [0, 0.1) is 11.7 Å². The lowest BCUT2D eigenvalue weighted by molar-refractivity contribution is 0.0950. The van der Waals surface area contributed by atoms with Crippen LogP contribution in [-0.2, 0) is 13.0 Å². The summed E-state index contributed by atoms with van der Waals surface area (Å²) in [6.45, 7) is 1.95. The fraction of sp³-hybridized carbons (Fsp3) is 0.235. The molecule has 1 heterocycles. The van der Waals surface area contributed by atoms with Gasteiger partial charge in [0.2, 0.25) is 0 Å². The monoisotopic (exact) mass is 551 g/mol. The van der Waals surface area contributed by atoms with E-state index in [1.807, 2.05) is 18.2 Å². The van der Waals surface area contributed by atoms with Gasteiger partial charge in [-0.05, 0) is 90.9 Å². The van der Waals surface area contributed by atoms with Crippen LogP contribution in [0.15, 0.2) is 97.1 Å². The summed E-state index contributed by atoms with van der Waals surface area (Å²) in [7, 11) is 1.57. The van der Waals surface area contributed by atoms with Crippen molar-refractivity contribution in [2.75, 3.05) is 30.4 Å². The average molecular weight is 552 g/mol. The highest BCUT2D eigenvalue weighted by Gasteiger charge is 2.24. The van der Waals surface area contributed by atoms with E-state index >= 15 is 0 Å². The van der Waals surface area contributed by atoms with Gasteiger partial charge in [0.05, 0.1) is 12.7 Å². The summed E-state index contributed by atoms with van der Waals surface area (Å²) < 4.78 is 18.5. The van der Waals surface area contributed by atoms with Gasteiger partial charge in [-0.3, -0.25) is 9.59 Å². The van der Waals surface area contributed by atoms with Crippen LogP contribution in [-0.4, -0.2) is 32.0 Å². The fourth-order valence-electron chi connectivity index (χ4n) is 5.22. The Morgan fingerprint density at radius 3 is 2.24 bits per heavy atom. The standard InChI is InChI=1S/C34H34FN3O3/c1-41-30-14-9-27(10-15-30)33(39)37-29-13-16-32(31(22-29)34(40)36-23-26-7-11-28(35)12-8-26)38-19-17-25(18-20-38)21-24-5-3-2-4-6-24/h2-16,22,25H,17-21,23H2,1H3,(H,36,40)(H,37,39). The Labute approximate surface area is 240 Å². The first kappa shape index (κ1) is 27.9. The minimum atomic E-state index is -0.321. The number of rotatable bonds is 9. The summed E-state index contributed by atoms with van der Waals surface area (Å²) >= 11 is 0. The van der Waals surface area contributed by atoms with Gasteiger partial charge in [-0.2, -0.15) is 0 Å². The number of hydrogen-bond acceptors (Lipinski definition) is 4. The number of hydrogen-bond donors (Lipinski definition) is 2. The Balaban J connectivity index is 1.32. The van der Waals surface area contributed by atoms with E-state index in [-0.39, 0.29) is 24.2 Å². The Bertz CT molecular complexity index is 1470. The van der Waals surface area contributed by atoms with E-state index in [9.17, 15) is 14.0 Å². The van der Waals surface area contributed by atoms with Crippen molar-refractivity contribution in [2.24, 2.45) is 5.92 Å². The topological polar surface area (TPSA) is 70.7 Å². The number of nitrogens with zero attached hydrogens (tertiary/aromatic N) is 1. The molecular formula is C34H34FN3O3. The molecule has 1 aliphatic heterocycles. The number of piperidine rings is 1. The number of amides is 2. The van der Waals surface area contributed by atoms with Crippen molar-refractivity contribution in [2.45, 2.75) is 25.8 Å². The number of anilines is 2. The fourth-order valence-corrected chi connectivity index (χ4v) is 5.22. The van der Waals surface area contributed by atoms with E-state index in [0.717, 1.165) is 43.6 Å². The molecular weight excluding hydrogens is 517 g/mol. The third-order valence-corrected chi connectivity index (χ3v) is 7.54. The van der Waals surface area contributed by atoms with Crippen LogP contribution in [0.25, 0.3) is 0 Å². The number of carbonyl (C=O) groups is 2. The molecule has 7 heteroatoms. The molecule has 1 saturated heterocycles. The molecule has 0 bridgehead atoms. The van der Waals surface area contributed by atoms with E-state index in [4.69, 9.17) is 4.74 Å². The van der Waals surface area contributed by atoms with Crippen molar-refractivity contribution in [1.82, 2.24) is 5.32 Å². The predicted molar refractivity (Wildman–Crippen MR) is 160 cm³/mol. The third-order valence-electron chi connectivity index (χ3n) is 7.54. The van der Waals surface area contributed by atoms with Crippen LogP contribution in [0.5, 0.6) is 5.75 Å². The van der Waals surface area contributed by atoms with Gasteiger partial charge in [-0.1, -0.05) is 42.5 Å². The Morgan fingerprint density at radius 2 is 1.56 bits per heavy atom. The number of benzene rings is 4. The quantitative estimate of drug-likeness (QED) is 0.250. The second kappa shape index (κ2) is 13.1. The first-order valence-electron chi connectivity index (χ1n) is 13.9. The molecule has 2 amide bonds. The van der Waals surface area contributed by atoms with Crippen LogP contribution in [0.2, 0.25) is 0 Å². The maximum Gasteiger partial charge on any atom is 0.255 e. The zero-order chi connectivity index (χ0) is 28.6. The molecule has 1 fully saturated rings. The summed E-state index contributed by atoms with van der Waals surface area (Å²) in [6, 6.07) is 28.9. The van der Waals surface area contributed by atoms with Crippen LogP contribution in [0.3, 0.4) is 0 Å². The molecule has 0 unspecified atom stereocenters. The van der Waals surface area contributed by atoms with Crippen LogP contribution in [0.1, 0.15) is 44.7 Å². The van der Waals surface area contributed by atoms with Crippen molar-refractivity contribution in [1.29, 1.82) is 0 Å². The molecule has 4 aromatic rings. The van der Waals surface area contributed by atoms with Crippen molar-refractivity contribution < 1.29 is 18.7 Å². The molecule has 2 N–H and O–H groups in total. The number of nitrogens with one attached hydrogen (secondary N) is 2. The van der Waals surface area contributed by atoms with Crippen LogP contribution in [0.4, 0.5) is 15.8 Å². The normalized spacial score (nSPS) is 13.5. The smallest absolute Gasteiger partial charge is 0.255 e. The van der Waals surface area contributed by atoms with Gasteiger partial charge in [0.15, 0.2) is 0 Å². The van der Waals surface area contributed by atoms with Crippen molar-refractivity contribution >= 4 is 23.2 Å². The summed E-state index contributed by atoms with van der Waals surface area (Å²) in [5, 5.41) is 5.88. The number of ether oxygens (including phenoxy) is 1. The molecule has 0 spiro atoms. The van der Waals surface area contributed by atoms with E-state index in [1.54, 1.807) is 49.6 Å². The summed E-state index contributed by atoms with van der Waals surface area (Å²) in [5.74, 6) is 0.403. The lowest BCUT2D eigenvalue weighted by atomic mass is 9.89. The molecule has 210 valence electrons. The van der Waals surface area contributed by atoms with Gasteiger partial charge >= 0.3 is 0 Å². The van der Waals surface area contributed by atoms with E-state index in [2.05, 4.69) is 39.8 Å². The van der Waals surface area contributed by atoms with Gasteiger partial charge in [0, 0.05) is 36.6 Å². The molecule has 4 aromatic carbocycles. The maximum atomic E-state index is 13.5. The van der Waals surface area contributed by atoms with Crippen molar-refractivity contribution in [3.8, 4) is 5.75 Å². The Morgan fingerprint density at radius 1 is 0.854 bits per heavy atom. The van der Waals surface area contributed by atoms with E-state index in [1.165, 1.54) is 17.7 Å². The first-order chi connectivity index (χ1) is 20.0. The van der Waals surface area contributed by atoms with Gasteiger partial charge in [0.25, 0.3) is 11.8 Å². The maximum absolute atomic E-state index is 13.5. The van der Waals surface area contributed by atoms with Crippen molar-refractivity contribution in [3.63, 3.8) is 0 Å². The second-order valence-corrected chi connectivity index (χ2v) is 10.3. The predicted octanol–water partition coefficient (Wildman–Crippen LogP) is 6.48. The Kier molecular flexibility index (Phi) is 8.94. The molecule has 0 aliphatic carbocycles. The molecule has 0 atom stereocenters.